The lowest BCUT2D eigenvalue weighted by atomic mass is 10.2. The van der Waals surface area contributed by atoms with Gasteiger partial charge in [-0.25, -0.2) is 0 Å². The summed E-state index contributed by atoms with van der Waals surface area (Å²) in [5, 5.41) is 9.02. The van der Waals surface area contributed by atoms with Crippen molar-refractivity contribution in [2.75, 3.05) is 13.2 Å². The van der Waals surface area contributed by atoms with Crippen molar-refractivity contribution in [3.8, 4) is 0 Å². The van der Waals surface area contributed by atoms with Crippen LogP contribution in [0, 0.1) is 0 Å². The molecule has 0 aromatic carbocycles. The van der Waals surface area contributed by atoms with Gasteiger partial charge in [-0.1, -0.05) is 13.3 Å². The third-order valence-electron chi connectivity index (χ3n) is 2.03. The Kier molecular flexibility index (Phi) is 4.58. The maximum absolute atomic E-state index is 9.02. The maximum atomic E-state index is 9.02. The molecule has 1 aliphatic rings. The van der Waals surface area contributed by atoms with Gasteiger partial charge in [-0.05, 0) is 12.8 Å². The fourth-order valence-corrected chi connectivity index (χ4v) is 1.27. The lowest BCUT2D eigenvalue weighted by Gasteiger charge is -2.10. The zero-order valence-corrected chi connectivity index (χ0v) is 7.66. The van der Waals surface area contributed by atoms with E-state index >= 15 is 0 Å². The van der Waals surface area contributed by atoms with E-state index in [0.717, 1.165) is 32.3 Å². The summed E-state index contributed by atoms with van der Waals surface area (Å²) in [5.41, 5.74) is 0. The normalized spacial score (nSPS) is 29.5. The summed E-state index contributed by atoms with van der Waals surface area (Å²) in [5.74, 6) is 0. The number of aliphatic hydroxyl groups excluding tert-OH is 1. The third-order valence-corrected chi connectivity index (χ3v) is 2.03. The van der Waals surface area contributed by atoms with Gasteiger partial charge in [0.15, 0.2) is 6.29 Å². The van der Waals surface area contributed by atoms with Crippen LogP contribution in [0.1, 0.15) is 32.6 Å². The summed E-state index contributed by atoms with van der Waals surface area (Å²) in [4.78, 5) is 0. The summed E-state index contributed by atoms with van der Waals surface area (Å²) in [6.45, 7) is 3.59. The van der Waals surface area contributed by atoms with Gasteiger partial charge in [0.25, 0.3) is 0 Å². The molecule has 1 fully saturated rings. The van der Waals surface area contributed by atoms with Crippen LogP contribution >= 0.6 is 0 Å². The molecule has 3 nitrogen and oxygen atoms in total. The van der Waals surface area contributed by atoms with E-state index in [1.54, 1.807) is 0 Å². The van der Waals surface area contributed by atoms with Crippen LogP contribution in [0.4, 0.5) is 0 Å². The van der Waals surface area contributed by atoms with Gasteiger partial charge < -0.3 is 14.6 Å². The molecule has 0 radical (unpaired) electrons. The molecule has 0 bridgehead atoms. The van der Waals surface area contributed by atoms with Crippen molar-refractivity contribution in [1.29, 1.82) is 0 Å². The number of unbranched alkanes of at least 4 members (excludes halogenated alkanes) is 1. The van der Waals surface area contributed by atoms with Crippen molar-refractivity contribution in [2.45, 2.75) is 45.0 Å². The minimum Gasteiger partial charge on any atom is -0.379 e. The second kappa shape index (κ2) is 5.51. The highest BCUT2D eigenvalue weighted by Crippen LogP contribution is 2.17. The molecule has 1 N–H and O–H groups in total. The van der Waals surface area contributed by atoms with Crippen molar-refractivity contribution in [1.82, 2.24) is 0 Å². The highest BCUT2D eigenvalue weighted by atomic mass is 16.6. The highest BCUT2D eigenvalue weighted by Gasteiger charge is 2.22. The molecular weight excluding hydrogens is 156 g/mol. The lowest BCUT2D eigenvalue weighted by Crippen LogP contribution is -2.16. The molecule has 1 saturated heterocycles. The first kappa shape index (κ1) is 9.96. The van der Waals surface area contributed by atoms with Crippen LogP contribution in [0.5, 0.6) is 0 Å². The number of hydrogen-bond donors (Lipinski definition) is 1. The van der Waals surface area contributed by atoms with E-state index in [-0.39, 0.29) is 6.10 Å². The molecule has 1 unspecified atom stereocenters. The Morgan fingerprint density at radius 3 is 2.92 bits per heavy atom. The fraction of sp³-hybridized carbons (Fsp3) is 1.00. The van der Waals surface area contributed by atoms with Crippen LogP contribution in [0.2, 0.25) is 0 Å². The molecule has 12 heavy (non-hydrogen) atoms. The van der Waals surface area contributed by atoms with Crippen molar-refractivity contribution < 1.29 is 14.6 Å². The number of aliphatic hydroxyl groups is 1. The first-order valence-corrected chi connectivity index (χ1v) is 4.74. The summed E-state index contributed by atoms with van der Waals surface area (Å²) in [7, 11) is 0. The van der Waals surface area contributed by atoms with Crippen molar-refractivity contribution in [3.05, 3.63) is 0 Å². The smallest absolute Gasteiger partial charge is 0.155 e. The van der Waals surface area contributed by atoms with E-state index in [2.05, 4.69) is 6.92 Å². The van der Waals surface area contributed by atoms with Crippen LogP contribution in [-0.4, -0.2) is 30.7 Å². The molecule has 1 aliphatic heterocycles. The fourth-order valence-electron chi connectivity index (χ4n) is 1.27. The Hall–Kier alpha value is -0.120. The monoisotopic (exact) mass is 174 g/mol. The molecule has 0 amide bonds. The van der Waals surface area contributed by atoms with E-state index in [4.69, 9.17) is 14.6 Å². The summed E-state index contributed by atoms with van der Waals surface area (Å²) < 4.78 is 10.5. The first-order valence-electron chi connectivity index (χ1n) is 4.74. The Labute approximate surface area is 73.7 Å². The van der Waals surface area contributed by atoms with Gasteiger partial charge in [0.1, 0.15) is 0 Å². The van der Waals surface area contributed by atoms with E-state index < -0.39 is 6.29 Å². The molecule has 3 heteroatoms. The zero-order valence-electron chi connectivity index (χ0n) is 7.66. The Bertz CT molecular complexity index is 116. The molecule has 0 aliphatic carbocycles. The molecule has 1 heterocycles. The quantitative estimate of drug-likeness (QED) is 0.638. The number of ether oxygens (including phenoxy) is 2. The van der Waals surface area contributed by atoms with Gasteiger partial charge in [0.2, 0.25) is 0 Å². The van der Waals surface area contributed by atoms with E-state index in [0.29, 0.717) is 6.61 Å². The summed E-state index contributed by atoms with van der Waals surface area (Å²) in [6.07, 6.45) is 3.51. The van der Waals surface area contributed by atoms with Gasteiger partial charge >= 0.3 is 0 Å². The average molecular weight is 174 g/mol. The van der Waals surface area contributed by atoms with Crippen molar-refractivity contribution in [3.63, 3.8) is 0 Å². The van der Waals surface area contributed by atoms with Crippen LogP contribution in [0.3, 0.4) is 0 Å². The van der Waals surface area contributed by atoms with E-state index in [1.807, 2.05) is 0 Å². The standard InChI is InChI=1S/C9H18O3/c1-2-3-6-11-7-8-4-5-9(10)12-8/h8-10H,2-7H2,1H3/t8-,9?/m0/s1. The van der Waals surface area contributed by atoms with Crippen LogP contribution in [0.15, 0.2) is 0 Å². The number of rotatable bonds is 5. The molecule has 1 rings (SSSR count). The van der Waals surface area contributed by atoms with Crippen LogP contribution in [0.25, 0.3) is 0 Å². The predicted molar refractivity (Wildman–Crippen MR) is 45.8 cm³/mol. The predicted octanol–water partition coefficient (Wildman–Crippen LogP) is 1.30. The Balaban J connectivity index is 1.93. The second-order valence-electron chi connectivity index (χ2n) is 3.22. The molecule has 0 aromatic heterocycles. The second-order valence-corrected chi connectivity index (χ2v) is 3.22. The molecule has 72 valence electrons. The average Bonchev–Trinajstić information content (AvgIpc) is 2.45. The molecular formula is C9H18O3. The van der Waals surface area contributed by atoms with Gasteiger partial charge in [-0.15, -0.1) is 0 Å². The zero-order chi connectivity index (χ0) is 8.81. The highest BCUT2D eigenvalue weighted by molar-refractivity contribution is 4.66. The van der Waals surface area contributed by atoms with Gasteiger partial charge in [-0.2, -0.15) is 0 Å². The topological polar surface area (TPSA) is 38.7 Å². The summed E-state index contributed by atoms with van der Waals surface area (Å²) in [6, 6.07) is 0. The van der Waals surface area contributed by atoms with E-state index in [9.17, 15) is 0 Å². The minimum atomic E-state index is -0.551. The Morgan fingerprint density at radius 1 is 1.50 bits per heavy atom. The number of hydrogen-bond acceptors (Lipinski definition) is 3. The summed E-state index contributed by atoms with van der Waals surface area (Å²) >= 11 is 0. The lowest BCUT2D eigenvalue weighted by molar-refractivity contribution is -0.108. The first-order chi connectivity index (χ1) is 5.83. The Morgan fingerprint density at radius 2 is 2.33 bits per heavy atom. The van der Waals surface area contributed by atoms with Crippen molar-refractivity contribution >= 4 is 0 Å². The molecule has 0 spiro atoms. The van der Waals surface area contributed by atoms with Gasteiger partial charge in [-0.3, -0.25) is 0 Å². The van der Waals surface area contributed by atoms with E-state index in [1.165, 1.54) is 0 Å². The molecule has 0 saturated carbocycles. The SMILES string of the molecule is CCCCOC[C@@H]1CCC(O)O1. The molecule has 2 atom stereocenters. The van der Waals surface area contributed by atoms with Crippen molar-refractivity contribution in [2.24, 2.45) is 0 Å². The maximum Gasteiger partial charge on any atom is 0.155 e. The van der Waals surface area contributed by atoms with Crippen LogP contribution < -0.4 is 0 Å². The van der Waals surface area contributed by atoms with Crippen LogP contribution in [-0.2, 0) is 9.47 Å². The largest absolute Gasteiger partial charge is 0.379 e. The molecule has 0 aromatic rings. The minimum absolute atomic E-state index is 0.122. The third kappa shape index (κ3) is 3.52. The van der Waals surface area contributed by atoms with Gasteiger partial charge in [0.05, 0.1) is 12.7 Å². The van der Waals surface area contributed by atoms with Gasteiger partial charge in [0, 0.05) is 13.0 Å².